The van der Waals surface area contributed by atoms with Crippen LogP contribution >= 0.6 is 0 Å². The molecule has 0 aromatic carbocycles. The molecule has 4 nitrogen and oxygen atoms in total. The maximum absolute atomic E-state index is 11.6. The molecule has 0 bridgehead atoms. The minimum Gasteiger partial charge on any atom is -0.475 e. The lowest BCUT2D eigenvalue weighted by molar-refractivity contribution is -0.147. The summed E-state index contributed by atoms with van der Waals surface area (Å²) in [6, 6.07) is 0. The van der Waals surface area contributed by atoms with Crippen molar-refractivity contribution < 1.29 is 19.8 Å². The number of Topliss-reactive ketones (excluding diaryl/α,β-unsaturated/α-hetero) is 1. The van der Waals surface area contributed by atoms with Gasteiger partial charge in [0, 0.05) is 5.57 Å². The first-order chi connectivity index (χ1) is 11.1. The van der Waals surface area contributed by atoms with E-state index >= 15 is 0 Å². The van der Waals surface area contributed by atoms with E-state index < -0.39 is 18.4 Å². The van der Waals surface area contributed by atoms with Crippen molar-refractivity contribution in [1.82, 2.24) is 0 Å². The highest BCUT2D eigenvalue weighted by Crippen LogP contribution is 2.61. The van der Waals surface area contributed by atoms with E-state index in [0.717, 1.165) is 19.3 Å². The van der Waals surface area contributed by atoms with Gasteiger partial charge >= 0.3 is 5.97 Å². The maximum atomic E-state index is 11.6. The third-order valence-corrected chi connectivity index (χ3v) is 6.58. The van der Waals surface area contributed by atoms with Crippen LogP contribution in [0.1, 0.15) is 59.3 Å². The molecule has 24 heavy (non-hydrogen) atoms. The predicted octanol–water partition coefficient (Wildman–Crippen LogP) is 3.75. The molecular formula is C20H30O4. The van der Waals surface area contributed by atoms with E-state index in [0.29, 0.717) is 17.8 Å². The van der Waals surface area contributed by atoms with Crippen molar-refractivity contribution in [3.63, 3.8) is 0 Å². The van der Waals surface area contributed by atoms with Crippen LogP contribution in [0.4, 0.5) is 0 Å². The third-order valence-electron chi connectivity index (χ3n) is 6.58. The fourth-order valence-electron chi connectivity index (χ4n) is 5.34. The van der Waals surface area contributed by atoms with Crippen LogP contribution in [-0.2, 0) is 9.59 Å². The van der Waals surface area contributed by atoms with E-state index in [1.54, 1.807) is 6.08 Å². The second kappa shape index (κ2) is 6.83. The van der Waals surface area contributed by atoms with Gasteiger partial charge in [-0.25, -0.2) is 4.79 Å². The van der Waals surface area contributed by atoms with Gasteiger partial charge in [-0.15, -0.1) is 0 Å². The van der Waals surface area contributed by atoms with Gasteiger partial charge < -0.3 is 10.2 Å². The number of carbonyl (C=O) groups excluding carboxylic acids is 1. The van der Waals surface area contributed by atoms with Crippen molar-refractivity contribution >= 4 is 11.8 Å². The number of aliphatic hydroxyl groups excluding tert-OH is 1. The lowest BCUT2D eigenvalue weighted by Gasteiger charge is -2.58. The van der Waals surface area contributed by atoms with E-state index in [4.69, 9.17) is 5.11 Å². The fraction of sp³-hybridized carbons (Fsp3) is 0.700. The van der Waals surface area contributed by atoms with Gasteiger partial charge in [-0.3, -0.25) is 4.79 Å². The molecule has 0 radical (unpaired) electrons. The molecule has 0 spiro atoms. The first-order valence-electron chi connectivity index (χ1n) is 8.88. The minimum absolute atomic E-state index is 0.0175. The molecule has 2 rings (SSSR count). The zero-order valence-electron chi connectivity index (χ0n) is 15.1. The smallest absolute Gasteiger partial charge is 0.376 e. The molecule has 1 unspecified atom stereocenters. The molecule has 2 N–H and O–H groups in total. The summed E-state index contributed by atoms with van der Waals surface area (Å²) in [5.74, 6) is -1.68. The Morgan fingerprint density at radius 3 is 2.54 bits per heavy atom. The molecule has 0 heterocycles. The Morgan fingerprint density at radius 2 is 1.96 bits per heavy atom. The van der Waals surface area contributed by atoms with Crippen LogP contribution in [-0.4, -0.2) is 28.6 Å². The standard InChI is InChI=1S/C20H30O4/c1-13-6-9-16-19(2,3)10-5-11-20(16,4)15(13)8-7-14(12-21)17(22)18(23)24/h7,15-16,21H,1,5-6,8-12H2,2-4H3,(H,23,24)/b14-7+/t15-,16?,20+/m0/s1. The van der Waals surface area contributed by atoms with Crippen LogP contribution < -0.4 is 0 Å². The summed E-state index contributed by atoms with van der Waals surface area (Å²) in [4.78, 5) is 22.5. The van der Waals surface area contributed by atoms with Crippen LogP contribution in [0.2, 0.25) is 0 Å². The number of carboxylic acid groups (broad SMARTS) is 1. The fourth-order valence-corrected chi connectivity index (χ4v) is 5.34. The second-order valence-electron chi connectivity index (χ2n) is 8.41. The number of rotatable bonds is 5. The maximum Gasteiger partial charge on any atom is 0.376 e. The summed E-state index contributed by atoms with van der Waals surface area (Å²) in [5, 5.41) is 18.2. The monoisotopic (exact) mass is 334 g/mol. The molecule has 0 aromatic heterocycles. The molecule has 0 amide bonds. The van der Waals surface area contributed by atoms with Gasteiger partial charge in [-0.05, 0) is 54.8 Å². The molecule has 0 aliphatic heterocycles. The summed E-state index contributed by atoms with van der Waals surface area (Å²) >= 11 is 0. The van der Waals surface area contributed by atoms with Gasteiger partial charge in [0.15, 0.2) is 0 Å². The Morgan fingerprint density at radius 1 is 1.29 bits per heavy atom. The molecule has 2 saturated carbocycles. The highest BCUT2D eigenvalue weighted by atomic mass is 16.4. The van der Waals surface area contributed by atoms with Gasteiger partial charge in [0.2, 0.25) is 0 Å². The molecule has 2 aliphatic rings. The molecular weight excluding hydrogens is 304 g/mol. The molecule has 3 atom stereocenters. The Labute approximate surface area is 144 Å². The summed E-state index contributed by atoms with van der Waals surface area (Å²) < 4.78 is 0. The van der Waals surface area contributed by atoms with Crippen LogP contribution in [0.5, 0.6) is 0 Å². The molecule has 134 valence electrons. The van der Waals surface area contributed by atoms with Crippen LogP contribution in [0.3, 0.4) is 0 Å². The summed E-state index contributed by atoms with van der Waals surface area (Å²) in [5.41, 5.74) is 1.60. The second-order valence-corrected chi connectivity index (χ2v) is 8.41. The Bertz CT molecular complexity index is 572. The molecule has 0 aromatic rings. The van der Waals surface area contributed by atoms with Crippen LogP contribution in [0.15, 0.2) is 23.8 Å². The number of fused-ring (bicyclic) bond motifs is 1. The first kappa shape index (κ1) is 18.9. The van der Waals surface area contributed by atoms with Crippen molar-refractivity contribution in [2.45, 2.75) is 59.3 Å². The Kier molecular flexibility index (Phi) is 5.38. The Hall–Kier alpha value is -1.42. The van der Waals surface area contributed by atoms with Crippen molar-refractivity contribution in [1.29, 1.82) is 0 Å². The van der Waals surface area contributed by atoms with Crippen LogP contribution in [0, 0.1) is 22.7 Å². The number of aliphatic carboxylic acids is 1. The SMILES string of the molecule is C=C1CCC2C(C)(C)CCC[C@]2(C)[C@H]1C/C=C(\CO)C(=O)C(=O)O. The lowest BCUT2D eigenvalue weighted by Crippen LogP contribution is -2.49. The number of carbonyl (C=O) groups is 2. The summed E-state index contributed by atoms with van der Waals surface area (Å²) in [6.07, 6.45) is 7.92. The lowest BCUT2D eigenvalue weighted by atomic mass is 9.47. The third kappa shape index (κ3) is 3.34. The molecule has 4 heteroatoms. The van der Waals surface area contributed by atoms with Gasteiger partial charge in [-0.1, -0.05) is 45.4 Å². The predicted molar refractivity (Wildman–Crippen MR) is 93.5 cm³/mol. The number of hydrogen-bond donors (Lipinski definition) is 2. The zero-order valence-corrected chi connectivity index (χ0v) is 15.1. The van der Waals surface area contributed by atoms with Crippen molar-refractivity contribution in [3.8, 4) is 0 Å². The zero-order chi connectivity index (χ0) is 18.1. The van der Waals surface area contributed by atoms with Gasteiger partial charge in [0.25, 0.3) is 5.78 Å². The number of carboxylic acids is 1. The number of allylic oxidation sites excluding steroid dienone is 2. The van der Waals surface area contributed by atoms with Crippen molar-refractivity contribution in [2.75, 3.05) is 6.61 Å². The number of ketones is 1. The van der Waals surface area contributed by atoms with E-state index in [-0.39, 0.29) is 16.9 Å². The van der Waals surface area contributed by atoms with E-state index in [9.17, 15) is 14.7 Å². The molecule has 2 fully saturated rings. The first-order valence-corrected chi connectivity index (χ1v) is 8.88. The van der Waals surface area contributed by atoms with E-state index in [1.807, 2.05) is 0 Å². The number of hydrogen-bond acceptors (Lipinski definition) is 3. The molecule has 2 aliphatic carbocycles. The Balaban J connectivity index is 2.28. The van der Waals surface area contributed by atoms with E-state index in [2.05, 4.69) is 27.4 Å². The highest BCUT2D eigenvalue weighted by molar-refractivity contribution is 6.39. The molecule has 0 saturated heterocycles. The normalized spacial score (nSPS) is 33.0. The average molecular weight is 334 g/mol. The number of aliphatic hydroxyl groups is 1. The van der Waals surface area contributed by atoms with Crippen molar-refractivity contribution in [2.24, 2.45) is 22.7 Å². The average Bonchev–Trinajstić information content (AvgIpc) is 2.48. The largest absolute Gasteiger partial charge is 0.475 e. The van der Waals surface area contributed by atoms with E-state index in [1.165, 1.54) is 18.4 Å². The summed E-state index contributed by atoms with van der Waals surface area (Å²) in [7, 11) is 0. The topological polar surface area (TPSA) is 74.6 Å². The van der Waals surface area contributed by atoms with Crippen molar-refractivity contribution in [3.05, 3.63) is 23.8 Å². The highest BCUT2D eigenvalue weighted by Gasteiger charge is 2.52. The van der Waals surface area contributed by atoms with Gasteiger partial charge in [-0.2, -0.15) is 0 Å². The summed E-state index contributed by atoms with van der Waals surface area (Å²) in [6.45, 7) is 10.8. The van der Waals surface area contributed by atoms with Gasteiger partial charge in [0.1, 0.15) is 0 Å². The minimum atomic E-state index is -1.51. The quantitative estimate of drug-likeness (QED) is 0.456. The van der Waals surface area contributed by atoms with Gasteiger partial charge in [0.05, 0.1) is 6.61 Å². The van der Waals surface area contributed by atoms with Crippen LogP contribution in [0.25, 0.3) is 0 Å².